The largest absolute Gasteiger partial charge is 0.493 e. The molecule has 1 aromatic carbocycles. The molecule has 6 heteroatoms. The first kappa shape index (κ1) is 15.6. The molecule has 0 radical (unpaired) electrons. The van der Waals surface area contributed by atoms with Crippen LogP contribution < -0.4 is 14.8 Å². The lowest BCUT2D eigenvalue weighted by Gasteiger charge is -2.30. The SMILES string of the molecule is COc1cc2c(cc1OC)CC(C(=O)N1CCCC1C#N)NC2. The van der Waals surface area contributed by atoms with Gasteiger partial charge in [-0.25, -0.2) is 0 Å². The van der Waals surface area contributed by atoms with Gasteiger partial charge in [0.05, 0.1) is 26.3 Å². The summed E-state index contributed by atoms with van der Waals surface area (Å²) < 4.78 is 10.7. The topological polar surface area (TPSA) is 74.6 Å². The number of nitriles is 1. The zero-order chi connectivity index (χ0) is 16.4. The summed E-state index contributed by atoms with van der Waals surface area (Å²) in [6.07, 6.45) is 2.28. The van der Waals surface area contributed by atoms with E-state index in [1.165, 1.54) is 0 Å². The van der Waals surface area contributed by atoms with Crippen LogP contribution in [0.25, 0.3) is 0 Å². The second-order valence-electron chi connectivity index (χ2n) is 5.93. The van der Waals surface area contributed by atoms with Crippen LogP contribution in [-0.2, 0) is 17.8 Å². The predicted molar refractivity (Wildman–Crippen MR) is 84.2 cm³/mol. The summed E-state index contributed by atoms with van der Waals surface area (Å²) in [5.74, 6) is 1.40. The number of hydrogen-bond acceptors (Lipinski definition) is 5. The van der Waals surface area contributed by atoms with E-state index in [1.807, 2.05) is 12.1 Å². The first-order valence-corrected chi connectivity index (χ1v) is 7.85. The van der Waals surface area contributed by atoms with E-state index in [9.17, 15) is 10.1 Å². The van der Waals surface area contributed by atoms with E-state index >= 15 is 0 Å². The summed E-state index contributed by atoms with van der Waals surface area (Å²) >= 11 is 0. The van der Waals surface area contributed by atoms with Crippen molar-refractivity contribution in [1.29, 1.82) is 5.26 Å². The van der Waals surface area contributed by atoms with Crippen molar-refractivity contribution in [3.63, 3.8) is 0 Å². The van der Waals surface area contributed by atoms with Gasteiger partial charge in [0, 0.05) is 13.1 Å². The molecule has 2 atom stereocenters. The first-order valence-electron chi connectivity index (χ1n) is 7.85. The molecule has 2 aliphatic rings. The van der Waals surface area contributed by atoms with E-state index in [0.717, 1.165) is 24.0 Å². The van der Waals surface area contributed by atoms with E-state index in [4.69, 9.17) is 9.47 Å². The van der Waals surface area contributed by atoms with E-state index < -0.39 is 0 Å². The molecule has 0 bridgehead atoms. The Bertz CT molecular complexity index is 653. The number of hydrogen-bond donors (Lipinski definition) is 1. The molecule has 0 aromatic heterocycles. The number of rotatable bonds is 3. The molecule has 1 aromatic rings. The number of likely N-dealkylation sites (tertiary alicyclic amines) is 1. The van der Waals surface area contributed by atoms with Crippen molar-refractivity contribution in [2.24, 2.45) is 0 Å². The van der Waals surface area contributed by atoms with Crippen molar-refractivity contribution in [2.75, 3.05) is 20.8 Å². The second-order valence-corrected chi connectivity index (χ2v) is 5.93. The third kappa shape index (κ3) is 2.84. The third-order valence-electron chi connectivity index (χ3n) is 4.65. The van der Waals surface area contributed by atoms with Gasteiger partial charge in [-0.1, -0.05) is 0 Å². The quantitative estimate of drug-likeness (QED) is 0.908. The van der Waals surface area contributed by atoms with Crippen LogP contribution in [-0.4, -0.2) is 43.7 Å². The Balaban J connectivity index is 1.80. The fourth-order valence-corrected chi connectivity index (χ4v) is 3.38. The number of nitrogens with one attached hydrogen (secondary N) is 1. The van der Waals surface area contributed by atoms with Gasteiger partial charge in [-0.3, -0.25) is 4.79 Å². The maximum Gasteiger partial charge on any atom is 0.241 e. The molecule has 3 rings (SSSR count). The monoisotopic (exact) mass is 315 g/mol. The molecule has 0 saturated carbocycles. The summed E-state index contributed by atoms with van der Waals surface area (Å²) in [6, 6.07) is 5.56. The van der Waals surface area contributed by atoms with Gasteiger partial charge in [0.1, 0.15) is 6.04 Å². The highest BCUT2D eigenvalue weighted by Crippen LogP contribution is 2.33. The van der Waals surface area contributed by atoms with Gasteiger partial charge >= 0.3 is 0 Å². The third-order valence-corrected chi connectivity index (χ3v) is 4.65. The zero-order valence-corrected chi connectivity index (χ0v) is 13.5. The van der Waals surface area contributed by atoms with E-state index in [-0.39, 0.29) is 18.0 Å². The highest BCUT2D eigenvalue weighted by Gasteiger charge is 2.34. The molecular formula is C17H21N3O3. The Hall–Kier alpha value is -2.26. The van der Waals surface area contributed by atoms with E-state index in [1.54, 1.807) is 19.1 Å². The lowest BCUT2D eigenvalue weighted by atomic mass is 9.94. The van der Waals surface area contributed by atoms with Gasteiger partial charge in [0.15, 0.2) is 11.5 Å². The van der Waals surface area contributed by atoms with Crippen LogP contribution in [0, 0.1) is 11.3 Å². The molecule has 0 spiro atoms. The molecular weight excluding hydrogens is 294 g/mol. The van der Waals surface area contributed by atoms with Crippen molar-refractivity contribution < 1.29 is 14.3 Å². The summed E-state index contributed by atoms with van der Waals surface area (Å²) in [5.41, 5.74) is 2.21. The molecule has 23 heavy (non-hydrogen) atoms. The molecule has 2 unspecified atom stereocenters. The number of carbonyl (C=O) groups is 1. The van der Waals surface area contributed by atoms with Crippen molar-refractivity contribution in [3.05, 3.63) is 23.3 Å². The number of fused-ring (bicyclic) bond motifs is 1. The lowest BCUT2D eigenvalue weighted by molar-refractivity contribution is -0.133. The van der Waals surface area contributed by atoms with Crippen molar-refractivity contribution in [1.82, 2.24) is 10.2 Å². The fourth-order valence-electron chi connectivity index (χ4n) is 3.38. The fraction of sp³-hybridized carbons (Fsp3) is 0.529. The molecule has 6 nitrogen and oxygen atoms in total. The van der Waals surface area contributed by atoms with Crippen molar-refractivity contribution in [2.45, 2.75) is 37.9 Å². The van der Waals surface area contributed by atoms with Crippen molar-refractivity contribution >= 4 is 5.91 Å². The molecule has 2 aliphatic heterocycles. The molecule has 1 N–H and O–H groups in total. The summed E-state index contributed by atoms with van der Waals surface area (Å²) in [7, 11) is 3.22. The summed E-state index contributed by atoms with van der Waals surface area (Å²) in [4.78, 5) is 14.4. The van der Waals surface area contributed by atoms with Gasteiger partial charge in [-0.2, -0.15) is 5.26 Å². The van der Waals surface area contributed by atoms with Crippen LogP contribution in [0.1, 0.15) is 24.0 Å². The predicted octanol–water partition coefficient (Wildman–Crippen LogP) is 1.23. The first-order chi connectivity index (χ1) is 11.2. The molecule has 122 valence electrons. The van der Waals surface area contributed by atoms with Crippen LogP contribution in [0.3, 0.4) is 0 Å². The Morgan fingerprint density at radius 2 is 2.00 bits per heavy atom. The average molecular weight is 315 g/mol. The van der Waals surface area contributed by atoms with Gasteiger partial charge < -0.3 is 19.7 Å². The maximum atomic E-state index is 12.7. The number of ether oxygens (including phenoxy) is 2. The van der Waals surface area contributed by atoms with Crippen molar-refractivity contribution in [3.8, 4) is 17.6 Å². The zero-order valence-electron chi connectivity index (χ0n) is 13.5. The highest BCUT2D eigenvalue weighted by atomic mass is 16.5. The average Bonchev–Trinajstić information content (AvgIpc) is 3.07. The van der Waals surface area contributed by atoms with Crippen LogP contribution >= 0.6 is 0 Å². The molecule has 0 aliphatic carbocycles. The van der Waals surface area contributed by atoms with Gasteiger partial charge in [0.2, 0.25) is 5.91 Å². The number of benzene rings is 1. The Kier molecular flexibility index (Phi) is 4.39. The minimum Gasteiger partial charge on any atom is -0.493 e. The van der Waals surface area contributed by atoms with Crippen LogP contribution in [0.5, 0.6) is 11.5 Å². The smallest absolute Gasteiger partial charge is 0.241 e. The highest BCUT2D eigenvalue weighted by molar-refractivity contribution is 5.83. The lowest BCUT2D eigenvalue weighted by Crippen LogP contribution is -2.50. The van der Waals surface area contributed by atoms with Gasteiger partial charge in [0.25, 0.3) is 0 Å². The Morgan fingerprint density at radius 3 is 2.65 bits per heavy atom. The number of nitrogens with zero attached hydrogens (tertiary/aromatic N) is 2. The Labute approximate surface area is 136 Å². The standard InChI is InChI=1S/C17H21N3O3/c1-22-15-7-11-6-14(19-10-12(11)8-16(15)23-2)17(21)20-5-3-4-13(20)9-18/h7-8,13-14,19H,3-6,10H2,1-2H3. The van der Waals surface area contributed by atoms with Gasteiger partial charge in [-0.15, -0.1) is 0 Å². The second kappa shape index (κ2) is 6.47. The van der Waals surface area contributed by atoms with Crippen LogP contribution in [0.15, 0.2) is 12.1 Å². The Morgan fingerprint density at radius 1 is 1.30 bits per heavy atom. The minimum absolute atomic E-state index is 0.0227. The molecule has 1 fully saturated rings. The number of carbonyl (C=O) groups excluding carboxylic acids is 1. The normalized spacial score (nSPS) is 23.1. The van der Waals surface area contributed by atoms with Gasteiger partial charge in [-0.05, 0) is 42.5 Å². The molecule has 2 heterocycles. The summed E-state index contributed by atoms with van der Waals surface area (Å²) in [5, 5.41) is 12.5. The summed E-state index contributed by atoms with van der Waals surface area (Å²) in [6.45, 7) is 1.28. The number of amides is 1. The van der Waals surface area contributed by atoms with Crippen LogP contribution in [0.4, 0.5) is 0 Å². The number of methoxy groups -OCH3 is 2. The molecule has 1 saturated heterocycles. The van der Waals surface area contributed by atoms with E-state index in [2.05, 4.69) is 11.4 Å². The van der Waals surface area contributed by atoms with E-state index in [0.29, 0.717) is 31.0 Å². The minimum atomic E-state index is -0.283. The van der Waals surface area contributed by atoms with Crippen LogP contribution in [0.2, 0.25) is 0 Å². The maximum absolute atomic E-state index is 12.7. The molecule has 1 amide bonds.